The number of nitrogens with zero attached hydrogens (tertiary/aromatic N) is 2. The van der Waals surface area contributed by atoms with Gasteiger partial charge >= 0.3 is 6.18 Å². The second-order valence-corrected chi connectivity index (χ2v) is 7.61. The van der Waals surface area contributed by atoms with E-state index in [2.05, 4.69) is 10.4 Å². The zero-order valence-corrected chi connectivity index (χ0v) is 16.2. The lowest BCUT2D eigenvalue weighted by molar-refractivity contribution is -0.137. The van der Waals surface area contributed by atoms with Gasteiger partial charge in [0.15, 0.2) is 0 Å². The van der Waals surface area contributed by atoms with Crippen molar-refractivity contribution in [3.8, 4) is 5.75 Å². The van der Waals surface area contributed by atoms with Gasteiger partial charge in [-0.25, -0.2) is 0 Å². The molecule has 2 aliphatic rings. The van der Waals surface area contributed by atoms with Crippen molar-refractivity contribution in [2.75, 3.05) is 7.05 Å². The van der Waals surface area contributed by atoms with Crippen LogP contribution in [-0.4, -0.2) is 40.3 Å². The summed E-state index contributed by atoms with van der Waals surface area (Å²) in [5, 5.41) is 29.9. The second-order valence-electron chi connectivity index (χ2n) is 7.61. The maximum atomic E-state index is 12.9. The molecule has 8 heteroatoms. The zero-order chi connectivity index (χ0) is 20.6. The summed E-state index contributed by atoms with van der Waals surface area (Å²) in [6.45, 7) is 3.76. The summed E-state index contributed by atoms with van der Waals surface area (Å²) in [5.74, 6) is 0.238. The Balaban J connectivity index is 1.87. The van der Waals surface area contributed by atoms with Crippen molar-refractivity contribution in [2.45, 2.75) is 63.9 Å². The van der Waals surface area contributed by atoms with Crippen LogP contribution in [0.25, 0.3) is 0 Å². The van der Waals surface area contributed by atoms with Crippen LogP contribution in [0, 0.1) is 0 Å². The molecule has 1 saturated carbocycles. The molecular weight excluding hydrogens is 371 g/mol. The van der Waals surface area contributed by atoms with Crippen LogP contribution in [0.5, 0.6) is 5.75 Å². The van der Waals surface area contributed by atoms with Crippen LogP contribution < -0.4 is 5.32 Å². The van der Waals surface area contributed by atoms with E-state index < -0.39 is 29.6 Å². The predicted molar refractivity (Wildman–Crippen MR) is 101 cm³/mol. The minimum atomic E-state index is -4.51. The molecule has 0 amide bonds. The molecule has 1 fully saturated rings. The number of benzene rings is 1. The molecule has 1 heterocycles. The highest BCUT2D eigenvalue weighted by Gasteiger charge is 2.34. The maximum Gasteiger partial charge on any atom is 0.416 e. The molecule has 1 unspecified atom stereocenters. The third kappa shape index (κ3) is 3.97. The summed E-state index contributed by atoms with van der Waals surface area (Å²) in [7, 11) is 1.72. The van der Waals surface area contributed by atoms with E-state index in [0.29, 0.717) is 11.4 Å². The van der Waals surface area contributed by atoms with Crippen molar-refractivity contribution in [1.82, 2.24) is 10.3 Å². The molecule has 0 bridgehead atoms. The molecule has 0 saturated heterocycles. The van der Waals surface area contributed by atoms with Crippen LogP contribution in [0.4, 0.5) is 13.2 Å². The molecule has 28 heavy (non-hydrogen) atoms. The summed E-state index contributed by atoms with van der Waals surface area (Å²) in [6.07, 6.45) is -1.27. The lowest BCUT2D eigenvalue weighted by Crippen LogP contribution is -2.47. The lowest BCUT2D eigenvalue weighted by atomic mass is 9.90. The summed E-state index contributed by atoms with van der Waals surface area (Å²) < 4.78 is 38.6. The molecule has 154 valence electrons. The highest BCUT2D eigenvalue weighted by molar-refractivity contribution is 5.99. The summed E-state index contributed by atoms with van der Waals surface area (Å²) in [6, 6.07) is 2.49. The number of halogens is 3. The van der Waals surface area contributed by atoms with E-state index in [1.165, 1.54) is 6.07 Å². The number of rotatable bonds is 2. The summed E-state index contributed by atoms with van der Waals surface area (Å²) >= 11 is 0. The summed E-state index contributed by atoms with van der Waals surface area (Å²) in [4.78, 5) is 0. The van der Waals surface area contributed by atoms with Gasteiger partial charge < -0.3 is 15.5 Å². The highest BCUT2D eigenvalue weighted by Crippen LogP contribution is 2.40. The Bertz CT molecular complexity index is 804. The monoisotopic (exact) mass is 397 g/mol. The molecular formula is C20H26F3N3O2. The molecule has 3 N–H and O–H groups in total. The molecule has 1 aromatic rings. The molecule has 5 nitrogen and oxygen atoms in total. The zero-order valence-electron chi connectivity index (χ0n) is 16.2. The molecule has 1 aromatic carbocycles. The van der Waals surface area contributed by atoms with Gasteiger partial charge in [-0.1, -0.05) is 18.9 Å². The first-order chi connectivity index (χ1) is 13.1. The molecule has 0 aromatic heterocycles. The molecule has 3 atom stereocenters. The van der Waals surface area contributed by atoms with E-state index in [4.69, 9.17) is 0 Å². The van der Waals surface area contributed by atoms with Crippen LogP contribution in [0.15, 0.2) is 34.4 Å². The number of aromatic hydroxyl groups is 1. The minimum absolute atomic E-state index is 0.0697. The fourth-order valence-corrected chi connectivity index (χ4v) is 3.94. The topological polar surface area (TPSA) is 68.1 Å². The fourth-order valence-electron chi connectivity index (χ4n) is 3.94. The van der Waals surface area contributed by atoms with Crippen LogP contribution in [0.1, 0.15) is 56.7 Å². The van der Waals surface area contributed by atoms with Crippen LogP contribution in [-0.2, 0) is 6.18 Å². The largest absolute Gasteiger partial charge is 0.508 e. The SMILES string of the molecule is CC1=C(C)C(c2ccc(C(F)(F)F)cc2O)N(C)N=C1N[C@@H]1CCCC[C@H]1O. The fraction of sp³-hybridized carbons (Fsp3) is 0.550. The number of hydrazone groups is 1. The van der Waals surface area contributed by atoms with Crippen molar-refractivity contribution in [1.29, 1.82) is 0 Å². The average molecular weight is 397 g/mol. The Labute approximate surface area is 162 Å². The standard InChI is InChI=1S/C20H26F3N3O2/c1-11-12(2)19(24-15-6-4-5-7-16(15)27)25-26(3)18(11)14-9-8-13(10-17(14)28)20(21,22)23/h8-10,15-16,18,27-28H,4-7H2,1-3H3,(H,24,25)/t15-,16-,18?/m1/s1. The first kappa shape index (κ1) is 20.5. The van der Waals surface area contributed by atoms with Gasteiger partial charge in [-0.3, -0.25) is 5.01 Å². The van der Waals surface area contributed by atoms with E-state index in [0.717, 1.165) is 49.0 Å². The quantitative estimate of drug-likeness (QED) is 0.707. The number of phenolic OH excluding ortho intramolecular Hbond substituents is 1. The molecule has 0 spiro atoms. The average Bonchev–Trinajstić information content (AvgIpc) is 2.61. The maximum absolute atomic E-state index is 12.9. The van der Waals surface area contributed by atoms with Gasteiger partial charge in [-0.05, 0) is 50.0 Å². The first-order valence-electron chi connectivity index (χ1n) is 9.43. The predicted octanol–water partition coefficient (Wildman–Crippen LogP) is 3.94. The van der Waals surface area contributed by atoms with E-state index in [1.807, 2.05) is 13.8 Å². The Hall–Kier alpha value is -2.22. The Morgan fingerprint density at radius 1 is 1.18 bits per heavy atom. The number of hydrogen-bond donors (Lipinski definition) is 3. The number of amidine groups is 1. The third-order valence-electron chi connectivity index (χ3n) is 5.69. The minimum Gasteiger partial charge on any atom is -0.508 e. The number of alkyl halides is 3. The van der Waals surface area contributed by atoms with Gasteiger partial charge in [0, 0.05) is 12.6 Å². The van der Waals surface area contributed by atoms with Crippen LogP contribution >= 0.6 is 0 Å². The van der Waals surface area contributed by atoms with E-state index in [1.54, 1.807) is 12.1 Å². The molecule has 1 aliphatic heterocycles. The number of hydrogen-bond acceptors (Lipinski definition) is 5. The van der Waals surface area contributed by atoms with E-state index in [-0.39, 0.29) is 6.04 Å². The van der Waals surface area contributed by atoms with Crippen LogP contribution in [0.3, 0.4) is 0 Å². The van der Waals surface area contributed by atoms with E-state index in [9.17, 15) is 23.4 Å². The van der Waals surface area contributed by atoms with Crippen LogP contribution in [0.2, 0.25) is 0 Å². The number of aliphatic hydroxyl groups is 1. The van der Waals surface area contributed by atoms with Crippen molar-refractivity contribution in [3.63, 3.8) is 0 Å². The van der Waals surface area contributed by atoms with Crippen molar-refractivity contribution >= 4 is 5.84 Å². The molecule has 1 aliphatic carbocycles. The van der Waals surface area contributed by atoms with Gasteiger partial charge in [0.2, 0.25) is 0 Å². The first-order valence-corrected chi connectivity index (χ1v) is 9.43. The van der Waals surface area contributed by atoms with Crippen molar-refractivity contribution in [3.05, 3.63) is 40.5 Å². The highest BCUT2D eigenvalue weighted by atomic mass is 19.4. The lowest BCUT2D eigenvalue weighted by Gasteiger charge is -2.36. The van der Waals surface area contributed by atoms with E-state index >= 15 is 0 Å². The normalized spacial score (nSPS) is 26.3. The number of phenols is 1. The number of aliphatic hydroxyl groups excluding tert-OH is 1. The Morgan fingerprint density at radius 2 is 1.86 bits per heavy atom. The van der Waals surface area contributed by atoms with Gasteiger partial charge in [-0.15, -0.1) is 0 Å². The molecule has 0 radical (unpaired) electrons. The van der Waals surface area contributed by atoms with Crippen molar-refractivity contribution in [2.24, 2.45) is 5.10 Å². The number of nitrogens with one attached hydrogen (secondary N) is 1. The molecule has 3 rings (SSSR count). The van der Waals surface area contributed by atoms with Gasteiger partial charge in [0.05, 0.1) is 23.8 Å². The smallest absolute Gasteiger partial charge is 0.416 e. The van der Waals surface area contributed by atoms with Crippen molar-refractivity contribution < 1.29 is 23.4 Å². The third-order valence-corrected chi connectivity index (χ3v) is 5.69. The van der Waals surface area contributed by atoms with Gasteiger partial charge in [0.25, 0.3) is 0 Å². The Kier molecular flexibility index (Phi) is 5.61. The number of likely N-dealkylation sites (N-methyl/N-ethyl adjacent to an activating group) is 1. The van der Waals surface area contributed by atoms with Gasteiger partial charge in [-0.2, -0.15) is 18.3 Å². The Morgan fingerprint density at radius 3 is 2.46 bits per heavy atom. The second kappa shape index (κ2) is 7.66. The van der Waals surface area contributed by atoms with Gasteiger partial charge in [0.1, 0.15) is 11.6 Å². The summed E-state index contributed by atoms with van der Waals surface area (Å²) in [5.41, 5.74) is 1.22.